The van der Waals surface area contributed by atoms with Gasteiger partial charge in [0.25, 0.3) is 0 Å². The molecular formula is C32H34N4O2. The molecule has 3 aromatic carbocycles. The van der Waals surface area contributed by atoms with Crippen LogP contribution in [0.1, 0.15) is 36.5 Å². The molecule has 5 aromatic rings. The summed E-state index contributed by atoms with van der Waals surface area (Å²) in [5.74, 6) is 1.63. The second-order valence-corrected chi connectivity index (χ2v) is 10.1. The Hall–Kier alpha value is -4.03. The summed E-state index contributed by atoms with van der Waals surface area (Å²) in [5, 5.41) is 1.24. The largest absolute Gasteiger partial charge is 0.454 e. The predicted molar refractivity (Wildman–Crippen MR) is 150 cm³/mol. The highest BCUT2D eigenvalue weighted by Crippen LogP contribution is 2.43. The molecule has 0 aliphatic carbocycles. The van der Waals surface area contributed by atoms with Crippen LogP contribution in [-0.2, 0) is 25.7 Å². The number of fused-ring (bicyclic) bond motifs is 2. The van der Waals surface area contributed by atoms with Gasteiger partial charge in [0.15, 0.2) is 11.5 Å². The Morgan fingerprint density at radius 3 is 2.61 bits per heavy atom. The molecule has 0 amide bonds. The standard InChI is InChI=1S/C32H34N4O2/c1-3-4-16-36(23-35-18-15-33-22-35)32(27-8-6-5-7-9-27,21-25-10-13-30-31(19-25)38-24-37-30)28-11-12-29-26(20-28)14-17-34(29)2/h5-15,17-20,22H,3-4,16,21,23-24H2,1-2H3. The molecule has 0 saturated heterocycles. The number of unbranched alkanes of at least 4 members (excludes halogenated alkanes) is 1. The van der Waals surface area contributed by atoms with Crippen LogP contribution in [0.15, 0.2) is 97.7 Å². The topological polar surface area (TPSA) is 44.5 Å². The normalized spacial score (nSPS) is 14.3. The van der Waals surface area contributed by atoms with Crippen LogP contribution in [0.5, 0.6) is 11.5 Å². The maximum atomic E-state index is 5.79. The second kappa shape index (κ2) is 10.4. The molecule has 0 spiro atoms. The first-order valence-corrected chi connectivity index (χ1v) is 13.4. The van der Waals surface area contributed by atoms with Crippen molar-refractivity contribution in [2.75, 3.05) is 13.3 Å². The third-order valence-electron chi connectivity index (χ3n) is 7.73. The van der Waals surface area contributed by atoms with Gasteiger partial charge < -0.3 is 18.6 Å². The van der Waals surface area contributed by atoms with E-state index in [1.54, 1.807) is 0 Å². The van der Waals surface area contributed by atoms with E-state index in [4.69, 9.17) is 9.47 Å². The van der Waals surface area contributed by atoms with Gasteiger partial charge in [-0.1, -0.05) is 55.8 Å². The first-order chi connectivity index (χ1) is 18.7. The van der Waals surface area contributed by atoms with Gasteiger partial charge in [0.05, 0.1) is 18.5 Å². The maximum absolute atomic E-state index is 5.79. The second-order valence-electron chi connectivity index (χ2n) is 10.1. The number of imidazole rings is 1. The number of hydrogen-bond acceptors (Lipinski definition) is 4. The van der Waals surface area contributed by atoms with Crippen molar-refractivity contribution in [2.24, 2.45) is 7.05 Å². The average molecular weight is 507 g/mol. The third-order valence-corrected chi connectivity index (χ3v) is 7.73. The van der Waals surface area contributed by atoms with Crippen LogP contribution >= 0.6 is 0 Å². The molecule has 3 heterocycles. The third kappa shape index (κ3) is 4.45. The molecule has 6 rings (SSSR count). The van der Waals surface area contributed by atoms with Crippen molar-refractivity contribution in [1.29, 1.82) is 0 Å². The van der Waals surface area contributed by atoms with Gasteiger partial charge in [-0.25, -0.2) is 4.98 Å². The first kappa shape index (κ1) is 24.3. The first-order valence-electron chi connectivity index (χ1n) is 13.4. The van der Waals surface area contributed by atoms with Gasteiger partial charge >= 0.3 is 0 Å². The molecule has 0 bridgehead atoms. The van der Waals surface area contributed by atoms with E-state index < -0.39 is 5.54 Å². The molecule has 2 aromatic heterocycles. The number of rotatable bonds is 10. The van der Waals surface area contributed by atoms with Crippen LogP contribution in [-0.4, -0.2) is 32.4 Å². The Morgan fingerprint density at radius 1 is 0.921 bits per heavy atom. The highest BCUT2D eigenvalue weighted by atomic mass is 16.7. The number of hydrogen-bond donors (Lipinski definition) is 0. The van der Waals surface area contributed by atoms with Crippen molar-refractivity contribution in [3.63, 3.8) is 0 Å². The van der Waals surface area contributed by atoms with E-state index in [1.165, 1.54) is 27.6 Å². The van der Waals surface area contributed by atoms with Gasteiger partial charge in [0.1, 0.15) is 0 Å². The number of aromatic nitrogens is 3. The molecule has 194 valence electrons. The summed E-state index contributed by atoms with van der Waals surface area (Å²) < 4.78 is 15.8. The van der Waals surface area contributed by atoms with Gasteiger partial charge in [-0.05, 0) is 65.3 Å². The summed E-state index contributed by atoms with van der Waals surface area (Å²) in [4.78, 5) is 6.98. The molecule has 1 unspecified atom stereocenters. The molecule has 0 fully saturated rings. The van der Waals surface area contributed by atoms with Crippen LogP contribution in [0.4, 0.5) is 0 Å². The maximum Gasteiger partial charge on any atom is 0.231 e. The molecule has 0 radical (unpaired) electrons. The van der Waals surface area contributed by atoms with E-state index in [2.05, 4.69) is 112 Å². The summed E-state index contributed by atoms with van der Waals surface area (Å²) in [7, 11) is 2.10. The van der Waals surface area contributed by atoms with Crippen LogP contribution in [0, 0.1) is 0 Å². The molecular weight excluding hydrogens is 472 g/mol. The van der Waals surface area contributed by atoms with Crippen molar-refractivity contribution in [1.82, 2.24) is 19.0 Å². The SMILES string of the molecule is CCCCN(Cn1ccnc1)C(Cc1ccc2c(c1)OCO2)(c1ccccc1)c1ccc2c(ccn2C)c1. The molecule has 6 heteroatoms. The zero-order valence-corrected chi connectivity index (χ0v) is 22.1. The minimum Gasteiger partial charge on any atom is -0.454 e. The van der Waals surface area contributed by atoms with Crippen LogP contribution < -0.4 is 9.47 Å². The van der Waals surface area contributed by atoms with E-state index in [0.717, 1.165) is 44.0 Å². The monoisotopic (exact) mass is 506 g/mol. The van der Waals surface area contributed by atoms with Gasteiger partial charge in [0.2, 0.25) is 6.79 Å². The molecule has 1 aliphatic heterocycles. The van der Waals surface area contributed by atoms with E-state index in [9.17, 15) is 0 Å². The summed E-state index contributed by atoms with van der Waals surface area (Å²) in [6.45, 7) is 4.21. The quantitative estimate of drug-likeness (QED) is 0.221. The minimum absolute atomic E-state index is 0.274. The Bertz CT molecular complexity index is 1510. The molecule has 1 aliphatic rings. The Balaban J connectivity index is 1.58. The molecule has 38 heavy (non-hydrogen) atoms. The van der Waals surface area contributed by atoms with Gasteiger partial charge in [0, 0.05) is 37.7 Å². The summed E-state index contributed by atoms with van der Waals surface area (Å²) in [6.07, 6.45) is 11.0. The van der Waals surface area contributed by atoms with E-state index in [0.29, 0.717) is 0 Å². The van der Waals surface area contributed by atoms with Crippen molar-refractivity contribution in [3.8, 4) is 11.5 Å². The Labute approximate surface area is 224 Å². The lowest BCUT2D eigenvalue weighted by atomic mass is 9.76. The molecule has 0 saturated carbocycles. The highest BCUT2D eigenvalue weighted by molar-refractivity contribution is 5.81. The van der Waals surface area contributed by atoms with Gasteiger partial charge in [-0.3, -0.25) is 4.90 Å². The van der Waals surface area contributed by atoms with E-state index in [-0.39, 0.29) is 6.79 Å². The van der Waals surface area contributed by atoms with Crippen LogP contribution in [0.2, 0.25) is 0 Å². The van der Waals surface area contributed by atoms with E-state index >= 15 is 0 Å². The van der Waals surface area contributed by atoms with Crippen molar-refractivity contribution >= 4 is 10.9 Å². The lowest BCUT2D eigenvalue weighted by Gasteiger charge is -2.46. The fourth-order valence-electron chi connectivity index (χ4n) is 5.75. The zero-order valence-electron chi connectivity index (χ0n) is 22.1. The zero-order chi connectivity index (χ0) is 26.0. The van der Waals surface area contributed by atoms with Crippen molar-refractivity contribution in [3.05, 3.63) is 114 Å². The number of ether oxygens (including phenoxy) is 2. The molecule has 1 atom stereocenters. The summed E-state index contributed by atoms with van der Waals surface area (Å²) in [5.41, 5.74) is 4.55. The lowest BCUT2D eigenvalue weighted by molar-refractivity contribution is 0.0814. The van der Waals surface area contributed by atoms with Crippen molar-refractivity contribution in [2.45, 2.75) is 38.4 Å². The lowest BCUT2D eigenvalue weighted by Crippen LogP contribution is -2.50. The fourth-order valence-corrected chi connectivity index (χ4v) is 5.75. The highest BCUT2D eigenvalue weighted by Gasteiger charge is 2.41. The minimum atomic E-state index is -0.432. The summed E-state index contributed by atoms with van der Waals surface area (Å²) >= 11 is 0. The smallest absolute Gasteiger partial charge is 0.231 e. The number of aryl methyl sites for hydroxylation is 1. The van der Waals surface area contributed by atoms with Crippen molar-refractivity contribution < 1.29 is 9.47 Å². The molecule has 0 N–H and O–H groups in total. The fraction of sp³-hybridized carbons (Fsp3) is 0.281. The molecule has 6 nitrogen and oxygen atoms in total. The summed E-state index contributed by atoms with van der Waals surface area (Å²) in [6, 6.07) is 26.5. The Morgan fingerprint density at radius 2 is 1.79 bits per heavy atom. The van der Waals surface area contributed by atoms with Gasteiger partial charge in [-0.2, -0.15) is 0 Å². The average Bonchev–Trinajstić information content (AvgIpc) is 3.72. The van der Waals surface area contributed by atoms with E-state index in [1.807, 2.05) is 18.6 Å². The predicted octanol–water partition coefficient (Wildman–Crippen LogP) is 6.35. The van der Waals surface area contributed by atoms with Crippen LogP contribution in [0.3, 0.4) is 0 Å². The van der Waals surface area contributed by atoms with Crippen LogP contribution in [0.25, 0.3) is 10.9 Å². The van der Waals surface area contributed by atoms with Gasteiger partial charge in [-0.15, -0.1) is 0 Å². The Kier molecular flexibility index (Phi) is 6.64. The number of nitrogens with zero attached hydrogens (tertiary/aromatic N) is 4. The number of benzene rings is 3.